The first-order chi connectivity index (χ1) is 15.7. The van der Waals surface area contributed by atoms with E-state index in [-0.39, 0.29) is 23.2 Å². The first-order valence-electron chi connectivity index (χ1n) is 9.99. The summed E-state index contributed by atoms with van der Waals surface area (Å²) in [5.74, 6) is -1.19. The smallest absolute Gasteiger partial charge is 0.406 e. The van der Waals surface area contributed by atoms with Crippen LogP contribution in [0.3, 0.4) is 0 Å². The Labute approximate surface area is 186 Å². The SMILES string of the molecule is NC(=O)c1cc(-c2ccc(OC(F)(F)F)cc2)nc(N2CCN(c3ccccc3F)CC2)n1. The van der Waals surface area contributed by atoms with Crippen LogP contribution in [0, 0.1) is 5.82 Å². The number of amides is 1. The van der Waals surface area contributed by atoms with Gasteiger partial charge in [0.05, 0.1) is 11.4 Å². The molecule has 33 heavy (non-hydrogen) atoms. The minimum Gasteiger partial charge on any atom is -0.406 e. The second-order valence-electron chi connectivity index (χ2n) is 7.30. The summed E-state index contributed by atoms with van der Waals surface area (Å²) in [5, 5.41) is 0. The largest absolute Gasteiger partial charge is 0.573 e. The maximum absolute atomic E-state index is 14.1. The molecule has 1 amide bonds. The maximum atomic E-state index is 14.1. The molecule has 0 unspecified atom stereocenters. The Bertz CT molecular complexity index is 1150. The summed E-state index contributed by atoms with van der Waals surface area (Å²) in [6, 6.07) is 13.0. The molecule has 2 N–H and O–H groups in total. The molecule has 1 fully saturated rings. The van der Waals surface area contributed by atoms with Crippen molar-refractivity contribution in [2.75, 3.05) is 36.0 Å². The summed E-state index contributed by atoms with van der Waals surface area (Å²) in [5.41, 5.74) is 6.69. The fourth-order valence-electron chi connectivity index (χ4n) is 3.53. The van der Waals surface area contributed by atoms with E-state index in [0.29, 0.717) is 43.1 Å². The molecule has 0 aliphatic carbocycles. The Morgan fingerprint density at radius 1 is 0.939 bits per heavy atom. The van der Waals surface area contributed by atoms with Gasteiger partial charge in [-0.05, 0) is 42.5 Å². The maximum Gasteiger partial charge on any atom is 0.573 e. The zero-order valence-corrected chi connectivity index (χ0v) is 17.2. The van der Waals surface area contributed by atoms with Crippen LogP contribution in [-0.4, -0.2) is 48.4 Å². The summed E-state index contributed by atoms with van der Waals surface area (Å²) < 4.78 is 55.2. The van der Waals surface area contributed by atoms with Crippen LogP contribution in [-0.2, 0) is 0 Å². The lowest BCUT2D eigenvalue weighted by Gasteiger charge is -2.36. The van der Waals surface area contributed by atoms with Crippen LogP contribution in [0.15, 0.2) is 54.6 Å². The third-order valence-electron chi connectivity index (χ3n) is 5.11. The topological polar surface area (TPSA) is 84.6 Å². The highest BCUT2D eigenvalue weighted by Crippen LogP contribution is 2.28. The normalized spacial score (nSPS) is 14.3. The van der Waals surface area contributed by atoms with Crippen molar-refractivity contribution in [1.29, 1.82) is 0 Å². The molecule has 172 valence electrons. The van der Waals surface area contributed by atoms with Crippen LogP contribution in [0.5, 0.6) is 5.75 Å². The molecule has 0 bridgehead atoms. The molecule has 3 aromatic rings. The van der Waals surface area contributed by atoms with Crippen LogP contribution in [0.25, 0.3) is 11.3 Å². The number of benzene rings is 2. The molecule has 0 radical (unpaired) electrons. The zero-order chi connectivity index (χ0) is 23.6. The van der Waals surface area contributed by atoms with Crippen LogP contribution in [0.4, 0.5) is 29.2 Å². The van der Waals surface area contributed by atoms with Gasteiger partial charge in [-0.3, -0.25) is 4.79 Å². The van der Waals surface area contributed by atoms with E-state index >= 15 is 0 Å². The van der Waals surface area contributed by atoms with E-state index in [1.165, 1.54) is 24.3 Å². The van der Waals surface area contributed by atoms with E-state index in [2.05, 4.69) is 14.7 Å². The van der Waals surface area contributed by atoms with Crippen molar-refractivity contribution in [2.24, 2.45) is 5.73 Å². The highest BCUT2D eigenvalue weighted by atomic mass is 19.4. The summed E-state index contributed by atoms with van der Waals surface area (Å²) in [4.78, 5) is 24.3. The van der Waals surface area contributed by atoms with E-state index < -0.39 is 12.3 Å². The van der Waals surface area contributed by atoms with Gasteiger partial charge in [0.25, 0.3) is 5.91 Å². The van der Waals surface area contributed by atoms with Gasteiger partial charge < -0.3 is 20.3 Å². The number of rotatable bonds is 5. The van der Waals surface area contributed by atoms with E-state index in [0.717, 1.165) is 12.1 Å². The number of nitrogens with two attached hydrogens (primary N) is 1. The van der Waals surface area contributed by atoms with Crippen LogP contribution in [0.1, 0.15) is 10.5 Å². The van der Waals surface area contributed by atoms with Crippen molar-refractivity contribution < 1.29 is 27.1 Å². The van der Waals surface area contributed by atoms with Crippen LogP contribution < -0.4 is 20.3 Å². The molecule has 0 atom stereocenters. The van der Waals surface area contributed by atoms with Gasteiger partial charge in [-0.1, -0.05) is 12.1 Å². The first kappa shape index (κ1) is 22.3. The number of halogens is 4. The van der Waals surface area contributed by atoms with Gasteiger partial charge in [-0.25, -0.2) is 14.4 Å². The number of hydrogen-bond acceptors (Lipinski definition) is 6. The number of hydrogen-bond donors (Lipinski definition) is 1. The number of nitrogens with zero attached hydrogens (tertiary/aromatic N) is 4. The van der Waals surface area contributed by atoms with Crippen molar-refractivity contribution in [3.8, 4) is 17.0 Å². The molecule has 2 aromatic carbocycles. The lowest BCUT2D eigenvalue weighted by molar-refractivity contribution is -0.274. The molecular formula is C22H19F4N5O2. The highest BCUT2D eigenvalue weighted by Gasteiger charge is 2.31. The standard InChI is InChI=1S/C22H19F4N5O2/c23-16-3-1-2-4-19(16)30-9-11-31(12-10-30)21-28-17(13-18(29-21)20(27)32)14-5-7-15(8-6-14)33-22(24,25)26/h1-8,13H,9-12H2,(H2,27,32). The average molecular weight is 461 g/mol. The summed E-state index contributed by atoms with van der Waals surface area (Å²) in [6.45, 7) is 1.94. The molecule has 0 saturated carbocycles. The van der Waals surface area contributed by atoms with Crippen molar-refractivity contribution in [3.05, 3.63) is 66.1 Å². The lowest BCUT2D eigenvalue weighted by Crippen LogP contribution is -2.47. The van der Waals surface area contributed by atoms with E-state index in [4.69, 9.17) is 5.73 Å². The first-order valence-corrected chi connectivity index (χ1v) is 9.99. The predicted molar refractivity (Wildman–Crippen MR) is 113 cm³/mol. The van der Waals surface area contributed by atoms with Crippen molar-refractivity contribution in [2.45, 2.75) is 6.36 Å². The van der Waals surface area contributed by atoms with Gasteiger partial charge in [0.2, 0.25) is 5.95 Å². The molecule has 1 aliphatic heterocycles. The van der Waals surface area contributed by atoms with Crippen LogP contribution >= 0.6 is 0 Å². The minimum atomic E-state index is -4.80. The van der Waals surface area contributed by atoms with Gasteiger partial charge in [-0.2, -0.15) is 0 Å². The fraction of sp³-hybridized carbons (Fsp3) is 0.227. The molecule has 11 heteroatoms. The highest BCUT2D eigenvalue weighted by molar-refractivity contribution is 5.92. The number of para-hydroxylation sites is 1. The molecule has 4 rings (SSSR count). The van der Waals surface area contributed by atoms with Crippen molar-refractivity contribution in [3.63, 3.8) is 0 Å². The Kier molecular flexibility index (Phi) is 6.03. The summed E-state index contributed by atoms with van der Waals surface area (Å²) in [7, 11) is 0. The number of ether oxygens (including phenoxy) is 1. The van der Waals surface area contributed by atoms with E-state index in [9.17, 15) is 22.4 Å². The lowest BCUT2D eigenvalue weighted by atomic mass is 10.1. The number of alkyl halides is 3. The molecule has 2 heterocycles. The minimum absolute atomic E-state index is 0.0258. The van der Waals surface area contributed by atoms with Gasteiger partial charge >= 0.3 is 6.36 Å². The number of anilines is 2. The molecule has 1 aliphatic rings. The summed E-state index contributed by atoms with van der Waals surface area (Å²) in [6.07, 6.45) is -4.80. The third kappa shape index (κ3) is 5.30. The molecule has 7 nitrogen and oxygen atoms in total. The second-order valence-corrected chi connectivity index (χ2v) is 7.30. The Balaban J connectivity index is 1.56. The third-order valence-corrected chi connectivity index (χ3v) is 5.11. The average Bonchev–Trinajstić information content (AvgIpc) is 2.79. The number of carbonyl (C=O) groups excluding carboxylic acids is 1. The molecule has 0 spiro atoms. The predicted octanol–water partition coefficient (Wildman–Crippen LogP) is 3.61. The van der Waals surface area contributed by atoms with Gasteiger partial charge in [-0.15, -0.1) is 13.2 Å². The monoisotopic (exact) mass is 461 g/mol. The van der Waals surface area contributed by atoms with Crippen LogP contribution in [0.2, 0.25) is 0 Å². The number of primary amides is 1. The molecule has 1 saturated heterocycles. The second kappa shape index (κ2) is 8.93. The van der Waals surface area contributed by atoms with E-state index in [1.807, 2.05) is 9.80 Å². The number of carbonyl (C=O) groups is 1. The van der Waals surface area contributed by atoms with Gasteiger partial charge in [0.1, 0.15) is 17.3 Å². The zero-order valence-electron chi connectivity index (χ0n) is 17.2. The molecule has 1 aromatic heterocycles. The summed E-state index contributed by atoms with van der Waals surface area (Å²) >= 11 is 0. The fourth-order valence-corrected chi connectivity index (χ4v) is 3.53. The Morgan fingerprint density at radius 2 is 1.58 bits per heavy atom. The number of aromatic nitrogens is 2. The molecular weight excluding hydrogens is 442 g/mol. The van der Waals surface area contributed by atoms with Crippen molar-refractivity contribution in [1.82, 2.24) is 9.97 Å². The number of piperazine rings is 1. The quantitative estimate of drug-likeness (QED) is 0.585. The van der Waals surface area contributed by atoms with Crippen molar-refractivity contribution >= 4 is 17.5 Å². The van der Waals surface area contributed by atoms with E-state index in [1.54, 1.807) is 18.2 Å². The van der Waals surface area contributed by atoms with Gasteiger partial charge in [0, 0.05) is 31.7 Å². The Hall–Kier alpha value is -3.89. The Morgan fingerprint density at radius 3 is 2.18 bits per heavy atom. The van der Waals surface area contributed by atoms with Gasteiger partial charge in [0.15, 0.2) is 0 Å².